The van der Waals surface area contributed by atoms with Crippen molar-refractivity contribution in [3.63, 3.8) is 0 Å². The fourth-order valence-corrected chi connectivity index (χ4v) is 3.24. The highest BCUT2D eigenvalue weighted by Crippen LogP contribution is 2.24. The monoisotopic (exact) mass is 349 g/mol. The predicted octanol–water partition coefficient (Wildman–Crippen LogP) is 3.43. The molecular weight excluding hydrogens is 340 g/mol. The van der Waals surface area contributed by atoms with Gasteiger partial charge in [0.25, 0.3) is 10.0 Å². The molecule has 2 aromatic carbocycles. The molecule has 8 heteroatoms. The zero-order valence-electron chi connectivity index (χ0n) is 10.5. The first-order valence-corrected chi connectivity index (χ1v) is 7.94. The van der Waals surface area contributed by atoms with Crippen LogP contribution in [0.25, 0.3) is 0 Å². The maximum atomic E-state index is 13.2. The molecule has 4 nitrogen and oxygen atoms in total. The van der Waals surface area contributed by atoms with Gasteiger partial charge in [-0.25, -0.2) is 12.8 Å². The lowest BCUT2D eigenvalue weighted by Crippen LogP contribution is -2.13. The van der Waals surface area contributed by atoms with E-state index in [9.17, 15) is 12.8 Å². The maximum absolute atomic E-state index is 13.2. The molecule has 0 aliphatic rings. The van der Waals surface area contributed by atoms with Crippen LogP contribution in [0.4, 0.5) is 10.1 Å². The van der Waals surface area contributed by atoms with Crippen LogP contribution in [0.15, 0.2) is 41.3 Å². The second-order valence-corrected chi connectivity index (χ2v) is 6.70. The molecule has 0 spiro atoms. The van der Waals surface area contributed by atoms with Gasteiger partial charge in [-0.3, -0.25) is 4.72 Å². The van der Waals surface area contributed by atoms with E-state index in [1.54, 1.807) is 0 Å². The van der Waals surface area contributed by atoms with Gasteiger partial charge in [-0.05, 0) is 35.9 Å². The first kappa shape index (κ1) is 16.0. The zero-order valence-corrected chi connectivity index (χ0v) is 12.8. The van der Waals surface area contributed by atoms with Gasteiger partial charge in [-0.1, -0.05) is 29.3 Å². The number of anilines is 1. The molecule has 0 unspecified atom stereocenters. The quantitative estimate of drug-likeness (QED) is 0.888. The molecule has 0 fully saturated rings. The molecule has 0 atom stereocenters. The molecule has 0 aliphatic carbocycles. The number of aliphatic hydroxyl groups is 1. The summed E-state index contributed by atoms with van der Waals surface area (Å²) in [7, 11) is -3.94. The number of sulfonamides is 1. The van der Waals surface area contributed by atoms with Crippen molar-refractivity contribution in [2.24, 2.45) is 0 Å². The highest BCUT2D eigenvalue weighted by Gasteiger charge is 2.16. The number of benzene rings is 2. The molecule has 2 N–H and O–H groups in total. The maximum Gasteiger partial charge on any atom is 0.261 e. The van der Waals surface area contributed by atoms with Gasteiger partial charge in [0.05, 0.1) is 17.2 Å². The van der Waals surface area contributed by atoms with Crippen LogP contribution < -0.4 is 4.72 Å². The average Bonchev–Trinajstić information content (AvgIpc) is 2.36. The Kier molecular flexibility index (Phi) is 4.73. The Hall–Kier alpha value is -1.34. The molecule has 21 heavy (non-hydrogen) atoms. The van der Waals surface area contributed by atoms with Crippen molar-refractivity contribution in [3.8, 4) is 0 Å². The number of hydrogen-bond donors (Lipinski definition) is 2. The standard InChI is InChI=1S/C13H10Cl2FNO3S/c14-9-3-10(16)5-11(4-9)17-21(19,20)12-2-1-8(7-18)13(15)6-12/h1-6,17-18H,7H2. The largest absolute Gasteiger partial charge is 0.392 e. The Balaban J connectivity index is 2.36. The number of hydrogen-bond acceptors (Lipinski definition) is 3. The van der Waals surface area contributed by atoms with Crippen molar-refractivity contribution < 1.29 is 17.9 Å². The second-order valence-electron chi connectivity index (χ2n) is 4.17. The summed E-state index contributed by atoms with van der Waals surface area (Å²) >= 11 is 11.5. The Morgan fingerprint density at radius 2 is 1.86 bits per heavy atom. The number of rotatable bonds is 4. The summed E-state index contributed by atoms with van der Waals surface area (Å²) in [4.78, 5) is -0.106. The third-order valence-corrected chi connectivity index (χ3v) is 4.57. The summed E-state index contributed by atoms with van der Waals surface area (Å²) in [5, 5.41) is 9.20. The van der Waals surface area contributed by atoms with E-state index >= 15 is 0 Å². The molecule has 112 valence electrons. The lowest BCUT2D eigenvalue weighted by molar-refractivity contribution is 0.282. The minimum atomic E-state index is -3.94. The fourth-order valence-electron chi connectivity index (χ4n) is 1.65. The topological polar surface area (TPSA) is 66.4 Å². The van der Waals surface area contributed by atoms with Crippen molar-refractivity contribution >= 4 is 38.9 Å². The third-order valence-electron chi connectivity index (χ3n) is 2.62. The minimum absolute atomic E-state index is 0.00218. The van der Waals surface area contributed by atoms with Crippen LogP contribution in [0, 0.1) is 5.82 Å². The van der Waals surface area contributed by atoms with E-state index < -0.39 is 15.8 Å². The number of aliphatic hydroxyl groups excluding tert-OH is 1. The molecule has 0 aliphatic heterocycles. The lowest BCUT2D eigenvalue weighted by Gasteiger charge is -2.10. The molecule has 0 saturated heterocycles. The molecular formula is C13H10Cl2FNO3S. The highest BCUT2D eigenvalue weighted by molar-refractivity contribution is 7.92. The first-order chi connectivity index (χ1) is 9.81. The molecule has 0 saturated carbocycles. The van der Waals surface area contributed by atoms with Gasteiger partial charge in [0.15, 0.2) is 0 Å². The lowest BCUT2D eigenvalue weighted by atomic mass is 10.2. The predicted molar refractivity (Wildman–Crippen MR) is 79.6 cm³/mol. The summed E-state index contributed by atoms with van der Waals surface area (Å²) in [6.45, 7) is -0.300. The number of halogens is 3. The third kappa shape index (κ3) is 3.85. The van der Waals surface area contributed by atoms with Gasteiger partial charge in [0.2, 0.25) is 0 Å². The Labute approximate surface area is 131 Å². The molecule has 0 radical (unpaired) electrons. The van der Waals surface area contributed by atoms with E-state index in [2.05, 4.69) is 4.72 Å². The molecule has 0 amide bonds. The molecule has 2 aromatic rings. The van der Waals surface area contributed by atoms with Crippen LogP contribution >= 0.6 is 23.2 Å². The summed E-state index contributed by atoms with van der Waals surface area (Å²) < 4.78 is 39.8. The van der Waals surface area contributed by atoms with E-state index in [4.69, 9.17) is 28.3 Å². The van der Waals surface area contributed by atoms with Gasteiger partial charge < -0.3 is 5.11 Å². The van der Waals surface area contributed by atoms with E-state index in [0.717, 1.165) is 12.1 Å². The second kappa shape index (κ2) is 6.19. The van der Waals surface area contributed by atoms with Gasteiger partial charge in [0.1, 0.15) is 5.82 Å². The zero-order chi connectivity index (χ0) is 15.6. The van der Waals surface area contributed by atoms with Crippen LogP contribution in [-0.4, -0.2) is 13.5 Å². The Bertz CT molecular complexity index is 761. The van der Waals surface area contributed by atoms with Crippen LogP contribution in [0.2, 0.25) is 10.0 Å². The summed E-state index contributed by atoms with van der Waals surface area (Å²) in [5.41, 5.74) is 0.409. The molecule has 0 heterocycles. The number of nitrogens with one attached hydrogen (secondary N) is 1. The van der Waals surface area contributed by atoms with Crippen LogP contribution in [0.3, 0.4) is 0 Å². The van der Waals surface area contributed by atoms with E-state index in [-0.39, 0.29) is 27.2 Å². The van der Waals surface area contributed by atoms with Crippen LogP contribution in [-0.2, 0) is 16.6 Å². The average molecular weight is 350 g/mol. The molecule has 0 bridgehead atoms. The van der Waals surface area contributed by atoms with E-state index in [0.29, 0.717) is 5.56 Å². The van der Waals surface area contributed by atoms with Crippen molar-refractivity contribution in [2.45, 2.75) is 11.5 Å². The minimum Gasteiger partial charge on any atom is -0.392 e. The van der Waals surface area contributed by atoms with Crippen LogP contribution in [0.1, 0.15) is 5.56 Å². The van der Waals surface area contributed by atoms with Gasteiger partial charge >= 0.3 is 0 Å². The molecule has 0 aromatic heterocycles. The highest BCUT2D eigenvalue weighted by atomic mass is 35.5. The van der Waals surface area contributed by atoms with Gasteiger partial charge in [0, 0.05) is 10.0 Å². The Morgan fingerprint density at radius 1 is 1.14 bits per heavy atom. The summed E-state index contributed by atoms with van der Waals surface area (Å²) in [6, 6.07) is 7.25. The van der Waals surface area contributed by atoms with Crippen molar-refractivity contribution in [1.29, 1.82) is 0 Å². The smallest absolute Gasteiger partial charge is 0.261 e. The SMILES string of the molecule is O=S(=O)(Nc1cc(F)cc(Cl)c1)c1ccc(CO)c(Cl)c1. The Morgan fingerprint density at radius 3 is 2.43 bits per heavy atom. The van der Waals surface area contributed by atoms with Crippen LogP contribution in [0.5, 0.6) is 0 Å². The van der Waals surface area contributed by atoms with E-state index in [1.165, 1.54) is 24.3 Å². The van der Waals surface area contributed by atoms with E-state index in [1.807, 2.05) is 0 Å². The van der Waals surface area contributed by atoms with Gasteiger partial charge in [-0.15, -0.1) is 0 Å². The fraction of sp³-hybridized carbons (Fsp3) is 0.0769. The van der Waals surface area contributed by atoms with Gasteiger partial charge in [-0.2, -0.15) is 0 Å². The van der Waals surface area contributed by atoms with Crippen molar-refractivity contribution in [3.05, 3.63) is 57.8 Å². The summed E-state index contributed by atoms with van der Waals surface area (Å²) in [6.07, 6.45) is 0. The first-order valence-electron chi connectivity index (χ1n) is 5.70. The van der Waals surface area contributed by atoms with Crippen molar-refractivity contribution in [1.82, 2.24) is 0 Å². The summed E-state index contributed by atoms with van der Waals surface area (Å²) in [5.74, 6) is -0.658. The molecule has 2 rings (SSSR count). The van der Waals surface area contributed by atoms with Crippen molar-refractivity contribution in [2.75, 3.05) is 4.72 Å². The normalized spacial score (nSPS) is 11.4.